The van der Waals surface area contributed by atoms with Crippen molar-refractivity contribution in [2.45, 2.75) is 0 Å². The molecule has 0 unspecified atom stereocenters. The molecule has 0 aliphatic heterocycles. The van der Waals surface area contributed by atoms with Crippen molar-refractivity contribution in [3.8, 4) is 0 Å². The number of methoxy groups -OCH3 is 1. The minimum absolute atomic E-state index is 0.0359. The van der Waals surface area contributed by atoms with Gasteiger partial charge in [-0.3, -0.25) is 9.63 Å². The number of rotatable bonds is 7. The molecule has 0 aliphatic rings. The van der Waals surface area contributed by atoms with Crippen molar-refractivity contribution in [1.29, 1.82) is 0 Å². The van der Waals surface area contributed by atoms with E-state index in [1.807, 2.05) is 22.6 Å². The van der Waals surface area contributed by atoms with Crippen molar-refractivity contribution in [3.05, 3.63) is 55.9 Å². The number of hydrogen-bond acceptors (Lipinski definition) is 4. The zero-order chi connectivity index (χ0) is 19.3. The van der Waals surface area contributed by atoms with E-state index in [0.717, 1.165) is 6.07 Å². The summed E-state index contributed by atoms with van der Waals surface area (Å²) >= 11 is 7.51. The quantitative estimate of drug-likeness (QED) is 0.256. The molecule has 10 heteroatoms. The lowest BCUT2D eigenvalue weighted by molar-refractivity contribution is 0.00892. The average Bonchev–Trinajstić information content (AvgIpc) is 2.60. The molecule has 2 rings (SSSR count). The van der Waals surface area contributed by atoms with Crippen LogP contribution in [0.4, 0.5) is 24.5 Å². The molecule has 0 aliphatic carbocycles. The lowest BCUT2D eigenvalue weighted by Crippen LogP contribution is -2.26. The van der Waals surface area contributed by atoms with Crippen molar-refractivity contribution in [2.75, 3.05) is 25.6 Å². The fraction of sp³-hybridized carbons (Fsp3) is 0.188. The van der Waals surface area contributed by atoms with Crippen LogP contribution in [0.25, 0.3) is 0 Å². The van der Waals surface area contributed by atoms with Crippen LogP contribution >= 0.6 is 34.2 Å². The number of hydroxylamine groups is 1. The maximum absolute atomic E-state index is 14.3. The van der Waals surface area contributed by atoms with Crippen molar-refractivity contribution >= 4 is 51.5 Å². The van der Waals surface area contributed by atoms with Crippen molar-refractivity contribution < 1.29 is 27.5 Å². The molecule has 140 valence electrons. The summed E-state index contributed by atoms with van der Waals surface area (Å²) < 4.78 is 47.5. The van der Waals surface area contributed by atoms with E-state index in [2.05, 4.69) is 10.8 Å². The van der Waals surface area contributed by atoms with Crippen molar-refractivity contribution in [3.63, 3.8) is 0 Å². The molecule has 2 N–H and O–H groups in total. The third-order valence-electron chi connectivity index (χ3n) is 3.15. The normalized spacial score (nSPS) is 10.7. The van der Waals surface area contributed by atoms with E-state index in [1.54, 1.807) is 6.07 Å². The van der Waals surface area contributed by atoms with E-state index in [-0.39, 0.29) is 24.5 Å². The summed E-state index contributed by atoms with van der Waals surface area (Å²) in [6.07, 6.45) is 0. The monoisotopic (exact) mass is 500 g/mol. The number of amides is 1. The number of benzene rings is 2. The largest absolute Gasteiger partial charge is 0.382 e. The molecule has 1 amide bonds. The van der Waals surface area contributed by atoms with Gasteiger partial charge < -0.3 is 10.1 Å². The van der Waals surface area contributed by atoms with Crippen LogP contribution < -0.4 is 10.8 Å². The molecular formula is C16H13ClF3IN2O3. The zero-order valence-corrected chi connectivity index (χ0v) is 16.3. The Morgan fingerprint density at radius 2 is 1.92 bits per heavy atom. The fourth-order valence-corrected chi connectivity index (χ4v) is 2.56. The Morgan fingerprint density at radius 3 is 2.58 bits per heavy atom. The second kappa shape index (κ2) is 9.40. The van der Waals surface area contributed by atoms with Crippen molar-refractivity contribution in [2.24, 2.45) is 0 Å². The highest BCUT2D eigenvalue weighted by Crippen LogP contribution is 2.32. The highest BCUT2D eigenvalue weighted by atomic mass is 127. The Hall–Kier alpha value is -1.56. The van der Waals surface area contributed by atoms with E-state index in [0.29, 0.717) is 3.57 Å². The SMILES string of the molecule is COCCONC(=O)c1cc(Cl)c(F)c(F)c1Nc1ccc(I)cc1F. The van der Waals surface area contributed by atoms with Gasteiger partial charge in [0.25, 0.3) is 5.91 Å². The molecule has 2 aromatic carbocycles. The molecule has 0 spiro atoms. The van der Waals surface area contributed by atoms with Crippen LogP contribution in [0.5, 0.6) is 0 Å². The summed E-state index contributed by atoms with van der Waals surface area (Å²) in [5.74, 6) is -4.38. The van der Waals surface area contributed by atoms with Gasteiger partial charge in [0.05, 0.1) is 35.2 Å². The van der Waals surface area contributed by atoms with E-state index in [1.165, 1.54) is 19.2 Å². The van der Waals surface area contributed by atoms with Crippen LogP contribution in [0.1, 0.15) is 10.4 Å². The summed E-state index contributed by atoms with van der Waals surface area (Å²) in [6.45, 7) is 0.242. The molecule has 0 fully saturated rings. The van der Waals surface area contributed by atoms with Gasteiger partial charge in [0.2, 0.25) is 0 Å². The number of ether oxygens (including phenoxy) is 1. The van der Waals surface area contributed by atoms with Gasteiger partial charge in [-0.05, 0) is 46.9 Å². The number of nitrogens with one attached hydrogen (secondary N) is 2. The topological polar surface area (TPSA) is 59.6 Å². The molecule has 0 atom stereocenters. The minimum atomic E-state index is -1.42. The molecule has 0 saturated carbocycles. The van der Waals surface area contributed by atoms with E-state index < -0.39 is 34.1 Å². The Morgan fingerprint density at radius 1 is 1.19 bits per heavy atom. The molecule has 5 nitrogen and oxygen atoms in total. The number of hydrogen-bond donors (Lipinski definition) is 2. The van der Waals surface area contributed by atoms with E-state index in [4.69, 9.17) is 21.2 Å². The van der Waals surface area contributed by atoms with Gasteiger partial charge in [0.1, 0.15) is 5.82 Å². The molecule has 0 aromatic heterocycles. The van der Waals surface area contributed by atoms with Crippen LogP contribution in [-0.4, -0.2) is 26.2 Å². The van der Waals surface area contributed by atoms with E-state index >= 15 is 0 Å². The Bertz CT molecular complexity index is 824. The van der Waals surface area contributed by atoms with E-state index in [9.17, 15) is 18.0 Å². The van der Waals surface area contributed by atoms with Crippen LogP contribution in [0.3, 0.4) is 0 Å². The maximum Gasteiger partial charge on any atom is 0.277 e. The van der Waals surface area contributed by atoms with Gasteiger partial charge in [0.15, 0.2) is 11.6 Å². The maximum atomic E-state index is 14.3. The van der Waals surface area contributed by atoms with Gasteiger partial charge in [-0.25, -0.2) is 18.7 Å². The second-order valence-corrected chi connectivity index (χ2v) is 6.58. The highest BCUT2D eigenvalue weighted by molar-refractivity contribution is 14.1. The number of carbonyl (C=O) groups excluding carboxylic acids is 1. The van der Waals surface area contributed by atoms with Crippen LogP contribution in [-0.2, 0) is 9.57 Å². The summed E-state index contributed by atoms with van der Waals surface area (Å²) in [4.78, 5) is 17.1. The van der Waals surface area contributed by atoms with Crippen LogP contribution in [0.2, 0.25) is 5.02 Å². The highest BCUT2D eigenvalue weighted by Gasteiger charge is 2.23. The number of halogens is 5. The molecular weight excluding hydrogens is 488 g/mol. The first-order chi connectivity index (χ1) is 12.3. The smallest absolute Gasteiger partial charge is 0.277 e. The van der Waals surface area contributed by atoms with Gasteiger partial charge in [-0.2, -0.15) is 0 Å². The van der Waals surface area contributed by atoms with Gasteiger partial charge in [0, 0.05) is 10.7 Å². The molecule has 2 aromatic rings. The number of anilines is 2. The van der Waals surface area contributed by atoms with Gasteiger partial charge in [-0.1, -0.05) is 11.6 Å². The first-order valence-electron chi connectivity index (χ1n) is 7.15. The van der Waals surface area contributed by atoms with Gasteiger partial charge >= 0.3 is 0 Å². The lowest BCUT2D eigenvalue weighted by atomic mass is 10.1. The summed E-state index contributed by atoms with van der Waals surface area (Å²) in [5, 5.41) is 1.79. The first-order valence-corrected chi connectivity index (χ1v) is 8.61. The standard InChI is InChI=1S/C16H13ClF3IN2O3/c1-25-4-5-26-23-16(24)9-7-10(17)13(19)14(20)15(9)22-12-3-2-8(21)6-11(12)18/h2-3,6-7,22H,4-5H2,1H3,(H,23,24). The van der Waals surface area contributed by atoms with Crippen LogP contribution in [0, 0.1) is 21.0 Å². The molecule has 0 radical (unpaired) electrons. The zero-order valence-electron chi connectivity index (χ0n) is 13.3. The lowest BCUT2D eigenvalue weighted by Gasteiger charge is -2.15. The molecule has 0 saturated heterocycles. The summed E-state index contributed by atoms with van der Waals surface area (Å²) in [7, 11) is 1.44. The Kier molecular flexibility index (Phi) is 7.50. The summed E-state index contributed by atoms with van der Waals surface area (Å²) in [5.41, 5.74) is 0.991. The average molecular weight is 501 g/mol. The molecule has 0 heterocycles. The fourth-order valence-electron chi connectivity index (χ4n) is 1.92. The second-order valence-electron chi connectivity index (χ2n) is 4.93. The Balaban J connectivity index is 2.36. The molecule has 26 heavy (non-hydrogen) atoms. The minimum Gasteiger partial charge on any atom is -0.382 e. The summed E-state index contributed by atoms with van der Waals surface area (Å²) in [6, 6.07) is 5.01. The third kappa shape index (κ3) is 5.00. The van der Waals surface area contributed by atoms with Crippen LogP contribution in [0.15, 0.2) is 24.3 Å². The Labute approximate surface area is 165 Å². The predicted molar refractivity (Wildman–Crippen MR) is 99.1 cm³/mol. The first kappa shape index (κ1) is 20.7. The van der Waals surface area contributed by atoms with Crippen molar-refractivity contribution in [1.82, 2.24) is 5.48 Å². The predicted octanol–water partition coefficient (Wildman–Crippen LogP) is 4.41. The molecule has 0 bridgehead atoms. The number of carbonyl (C=O) groups is 1. The third-order valence-corrected chi connectivity index (χ3v) is 4.10. The van der Waals surface area contributed by atoms with Gasteiger partial charge in [-0.15, -0.1) is 0 Å².